The highest BCUT2D eigenvalue weighted by atomic mass is 32.1. The molecule has 0 bridgehead atoms. The molecule has 0 aliphatic rings. The van der Waals surface area contributed by atoms with E-state index < -0.39 is 5.97 Å². The number of hydrogen-bond acceptors (Lipinski definition) is 3. The summed E-state index contributed by atoms with van der Waals surface area (Å²) in [4.78, 5) is 10.7. The van der Waals surface area contributed by atoms with Crippen molar-refractivity contribution in [3.63, 3.8) is 0 Å². The first-order valence-corrected chi connectivity index (χ1v) is 5.12. The van der Waals surface area contributed by atoms with Crippen molar-refractivity contribution in [1.29, 1.82) is 0 Å². The molecule has 1 unspecified atom stereocenters. The van der Waals surface area contributed by atoms with Gasteiger partial charge in [-0.1, -0.05) is 6.92 Å². The summed E-state index contributed by atoms with van der Waals surface area (Å²) in [5, 5.41) is 14.8. The third-order valence-corrected chi connectivity index (χ3v) is 2.71. The van der Waals surface area contributed by atoms with E-state index in [1.54, 1.807) is 11.3 Å². The molecule has 1 aromatic heterocycles. The Morgan fingerprint density at radius 1 is 1.77 bits per heavy atom. The molecule has 0 fully saturated rings. The monoisotopic (exact) mass is 199 g/mol. The molecule has 2 N–H and O–H groups in total. The number of hydrogen-bond donors (Lipinski definition) is 2. The maximum atomic E-state index is 10.7. The topological polar surface area (TPSA) is 49.3 Å². The maximum Gasteiger partial charge on any atom is 0.308 e. The van der Waals surface area contributed by atoms with Crippen molar-refractivity contribution in [1.82, 2.24) is 0 Å². The SMILES string of the molecule is CCC(CNc1cccs1)C(=O)O. The highest BCUT2D eigenvalue weighted by Gasteiger charge is 2.14. The molecule has 0 saturated carbocycles. The minimum Gasteiger partial charge on any atom is -0.481 e. The number of carboxylic acids is 1. The molecule has 0 spiro atoms. The molecule has 0 aliphatic heterocycles. The van der Waals surface area contributed by atoms with E-state index in [0.717, 1.165) is 5.00 Å². The molecule has 1 heterocycles. The number of aliphatic carboxylic acids is 1. The van der Waals surface area contributed by atoms with Gasteiger partial charge in [0.25, 0.3) is 0 Å². The lowest BCUT2D eigenvalue weighted by atomic mass is 10.1. The Morgan fingerprint density at radius 3 is 3.00 bits per heavy atom. The Labute approximate surface area is 81.4 Å². The number of carbonyl (C=O) groups is 1. The highest BCUT2D eigenvalue weighted by Crippen LogP contribution is 2.15. The Morgan fingerprint density at radius 2 is 2.54 bits per heavy atom. The summed E-state index contributed by atoms with van der Waals surface area (Å²) in [6.07, 6.45) is 0.660. The Kier molecular flexibility index (Phi) is 3.76. The number of anilines is 1. The van der Waals surface area contributed by atoms with Gasteiger partial charge in [0.1, 0.15) is 0 Å². The quantitative estimate of drug-likeness (QED) is 0.764. The summed E-state index contributed by atoms with van der Waals surface area (Å²) in [7, 11) is 0. The Balaban J connectivity index is 2.36. The molecule has 0 aromatic carbocycles. The average Bonchev–Trinajstić information content (AvgIpc) is 2.57. The zero-order valence-electron chi connectivity index (χ0n) is 7.49. The maximum absolute atomic E-state index is 10.7. The summed E-state index contributed by atoms with van der Waals surface area (Å²) in [6, 6.07) is 3.88. The van der Waals surface area contributed by atoms with Crippen LogP contribution in [-0.2, 0) is 4.79 Å². The van der Waals surface area contributed by atoms with Gasteiger partial charge in [-0.2, -0.15) is 0 Å². The van der Waals surface area contributed by atoms with Crippen molar-refractivity contribution >= 4 is 22.3 Å². The second kappa shape index (κ2) is 4.87. The third kappa shape index (κ3) is 3.06. The van der Waals surface area contributed by atoms with Crippen LogP contribution in [0.25, 0.3) is 0 Å². The zero-order chi connectivity index (χ0) is 9.68. The summed E-state index contributed by atoms with van der Waals surface area (Å²) < 4.78 is 0. The lowest BCUT2D eigenvalue weighted by Crippen LogP contribution is -2.21. The molecular weight excluding hydrogens is 186 g/mol. The summed E-state index contributed by atoms with van der Waals surface area (Å²) in [5.41, 5.74) is 0. The standard InChI is InChI=1S/C9H13NO2S/c1-2-7(9(11)12)6-10-8-4-3-5-13-8/h3-5,7,10H,2,6H2,1H3,(H,11,12). The molecule has 0 aliphatic carbocycles. The highest BCUT2D eigenvalue weighted by molar-refractivity contribution is 7.14. The van der Waals surface area contributed by atoms with Crippen LogP contribution in [0.15, 0.2) is 17.5 Å². The van der Waals surface area contributed by atoms with Gasteiger partial charge in [0, 0.05) is 6.54 Å². The van der Waals surface area contributed by atoms with Gasteiger partial charge >= 0.3 is 5.97 Å². The average molecular weight is 199 g/mol. The predicted molar refractivity (Wildman–Crippen MR) is 54.2 cm³/mol. The van der Waals surface area contributed by atoms with Crippen molar-refractivity contribution in [2.24, 2.45) is 5.92 Å². The van der Waals surface area contributed by atoms with Gasteiger partial charge in [-0.15, -0.1) is 11.3 Å². The van der Waals surface area contributed by atoms with Crippen LogP contribution in [0.2, 0.25) is 0 Å². The van der Waals surface area contributed by atoms with Crippen LogP contribution in [0.4, 0.5) is 5.00 Å². The van der Waals surface area contributed by atoms with Crippen LogP contribution >= 0.6 is 11.3 Å². The minimum atomic E-state index is -0.730. The molecule has 1 atom stereocenters. The number of thiophene rings is 1. The number of carboxylic acid groups (broad SMARTS) is 1. The lowest BCUT2D eigenvalue weighted by molar-refractivity contribution is -0.141. The van der Waals surface area contributed by atoms with Crippen molar-refractivity contribution in [2.75, 3.05) is 11.9 Å². The van der Waals surface area contributed by atoms with Gasteiger partial charge in [-0.3, -0.25) is 4.79 Å². The minimum absolute atomic E-state index is 0.290. The Bertz CT molecular complexity index is 259. The van der Waals surface area contributed by atoms with Gasteiger partial charge in [-0.05, 0) is 23.9 Å². The Hall–Kier alpha value is -1.03. The van der Waals surface area contributed by atoms with Crippen LogP contribution in [0.3, 0.4) is 0 Å². The summed E-state index contributed by atoms with van der Waals surface area (Å²) >= 11 is 1.58. The normalized spacial score (nSPS) is 12.4. The van der Waals surface area contributed by atoms with Crippen LogP contribution in [0.1, 0.15) is 13.3 Å². The van der Waals surface area contributed by atoms with E-state index in [-0.39, 0.29) is 5.92 Å². The molecule has 1 aromatic rings. The lowest BCUT2D eigenvalue weighted by Gasteiger charge is -2.10. The van der Waals surface area contributed by atoms with E-state index in [9.17, 15) is 4.79 Å². The van der Waals surface area contributed by atoms with Crippen molar-refractivity contribution in [3.8, 4) is 0 Å². The first-order chi connectivity index (χ1) is 6.24. The fourth-order valence-corrected chi connectivity index (χ4v) is 1.64. The second-order valence-electron chi connectivity index (χ2n) is 2.80. The first kappa shape index (κ1) is 10.1. The molecule has 13 heavy (non-hydrogen) atoms. The zero-order valence-corrected chi connectivity index (χ0v) is 8.30. The fourth-order valence-electron chi connectivity index (χ4n) is 1.01. The van der Waals surface area contributed by atoms with Gasteiger partial charge in [0.05, 0.1) is 10.9 Å². The van der Waals surface area contributed by atoms with Crippen LogP contribution in [0.5, 0.6) is 0 Å². The van der Waals surface area contributed by atoms with Crippen molar-refractivity contribution in [2.45, 2.75) is 13.3 Å². The van der Waals surface area contributed by atoms with E-state index in [2.05, 4.69) is 5.32 Å². The molecule has 0 saturated heterocycles. The summed E-state index contributed by atoms with van der Waals surface area (Å²) in [5.74, 6) is -1.02. The molecule has 0 amide bonds. The van der Waals surface area contributed by atoms with Gasteiger partial charge in [0.15, 0.2) is 0 Å². The van der Waals surface area contributed by atoms with Gasteiger partial charge < -0.3 is 10.4 Å². The molecule has 72 valence electrons. The summed E-state index contributed by atoms with van der Waals surface area (Å²) in [6.45, 7) is 2.39. The molecule has 3 nitrogen and oxygen atoms in total. The van der Waals surface area contributed by atoms with E-state index >= 15 is 0 Å². The van der Waals surface area contributed by atoms with Gasteiger partial charge in [-0.25, -0.2) is 0 Å². The smallest absolute Gasteiger partial charge is 0.308 e. The van der Waals surface area contributed by atoms with Crippen molar-refractivity contribution < 1.29 is 9.90 Å². The molecule has 4 heteroatoms. The van der Waals surface area contributed by atoms with E-state index in [1.165, 1.54) is 0 Å². The van der Waals surface area contributed by atoms with Crippen LogP contribution in [-0.4, -0.2) is 17.6 Å². The predicted octanol–water partition coefficient (Wildman–Crippen LogP) is 2.27. The van der Waals surface area contributed by atoms with E-state index in [1.807, 2.05) is 24.4 Å². The van der Waals surface area contributed by atoms with E-state index in [4.69, 9.17) is 5.11 Å². The van der Waals surface area contributed by atoms with Crippen LogP contribution in [0, 0.1) is 5.92 Å². The number of rotatable bonds is 5. The molecular formula is C9H13NO2S. The third-order valence-electron chi connectivity index (χ3n) is 1.89. The van der Waals surface area contributed by atoms with Gasteiger partial charge in [0.2, 0.25) is 0 Å². The second-order valence-corrected chi connectivity index (χ2v) is 3.75. The fraction of sp³-hybridized carbons (Fsp3) is 0.444. The first-order valence-electron chi connectivity index (χ1n) is 4.24. The largest absolute Gasteiger partial charge is 0.481 e. The van der Waals surface area contributed by atoms with Crippen LogP contribution < -0.4 is 5.32 Å². The molecule has 1 rings (SSSR count). The van der Waals surface area contributed by atoms with Crippen molar-refractivity contribution in [3.05, 3.63) is 17.5 Å². The molecule has 0 radical (unpaired) electrons. The number of nitrogens with one attached hydrogen (secondary N) is 1. The van der Waals surface area contributed by atoms with E-state index in [0.29, 0.717) is 13.0 Å².